The molecule has 2 aromatic rings. The quantitative estimate of drug-likeness (QED) is 0.680. The summed E-state index contributed by atoms with van der Waals surface area (Å²) in [5.41, 5.74) is 2.40. The third-order valence-corrected chi connectivity index (χ3v) is 5.96. The van der Waals surface area contributed by atoms with E-state index in [1.165, 1.54) is 30.5 Å². The summed E-state index contributed by atoms with van der Waals surface area (Å²) >= 11 is 6.13. The molecule has 0 spiro atoms. The summed E-state index contributed by atoms with van der Waals surface area (Å²) in [5.74, 6) is 0.667. The van der Waals surface area contributed by atoms with Gasteiger partial charge < -0.3 is 9.47 Å². The van der Waals surface area contributed by atoms with Gasteiger partial charge in [-0.3, -0.25) is 4.79 Å². The molecule has 0 aliphatic heterocycles. The van der Waals surface area contributed by atoms with E-state index in [1.807, 2.05) is 18.2 Å². The summed E-state index contributed by atoms with van der Waals surface area (Å²) in [6, 6.07) is 12.7. The summed E-state index contributed by atoms with van der Waals surface area (Å²) in [5, 5.41) is 0.768. The number of carbonyl (C=O) groups excluding carboxylic acids is 1. The topological polar surface area (TPSA) is 25.2 Å². The Kier molecular flexibility index (Phi) is 5.35. The van der Waals surface area contributed by atoms with Gasteiger partial charge in [0, 0.05) is 35.4 Å². The third-order valence-electron chi connectivity index (χ3n) is 5.72. The lowest BCUT2D eigenvalue weighted by molar-refractivity contribution is -0.136. The molecular formula is C22H27ClN2O. The van der Waals surface area contributed by atoms with Crippen LogP contribution in [-0.2, 0) is 17.9 Å². The van der Waals surface area contributed by atoms with Crippen LogP contribution in [0.2, 0.25) is 5.02 Å². The largest absolute Gasteiger partial charge is 0.345 e. The van der Waals surface area contributed by atoms with Gasteiger partial charge >= 0.3 is 0 Å². The minimum atomic E-state index is 0.285. The number of hydrogen-bond acceptors (Lipinski definition) is 1. The Bertz CT molecular complexity index is 759. The van der Waals surface area contributed by atoms with Crippen LogP contribution in [0.15, 0.2) is 42.6 Å². The van der Waals surface area contributed by atoms with E-state index in [1.54, 1.807) is 0 Å². The molecule has 1 aromatic heterocycles. The van der Waals surface area contributed by atoms with Crippen LogP contribution in [0.5, 0.6) is 0 Å². The number of hydrogen-bond donors (Lipinski definition) is 0. The molecule has 0 atom stereocenters. The zero-order valence-corrected chi connectivity index (χ0v) is 16.0. The Hall–Kier alpha value is -1.74. The average Bonchev–Trinajstić information content (AvgIpc) is 3.42. The van der Waals surface area contributed by atoms with Gasteiger partial charge in [0.05, 0.1) is 6.54 Å². The van der Waals surface area contributed by atoms with Crippen molar-refractivity contribution in [2.24, 2.45) is 5.92 Å². The third kappa shape index (κ3) is 4.15. The molecule has 0 radical (unpaired) electrons. The van der Waals surface area contributed by atoms with Gasteiger partial charge in [-0.1, -0.05) is 43.0 Å². The molecule has 1 heterocycles. The van der Waals surface area contributed by atoms with Crippen molar-refractivity contribution in [3.63, 3.8) is 0 Å². The lowest BCUT2D eigenvalue weighted by Crippen LogP contribution is -2.42. The average molecular weight is 371 g/mol. The molecule has 26 heavy (non-hydrogen) atoms. The van der Waals surface area contributed by atoms with Crippen LogP contribution in [0.1, 0.15) is 56.2 Å². The number of benzene rings is 1. The van der Waals surface area contributed by atoms with E-state index in [2.05, 4.69) is 33.9 Å². The predicted molar refractivity (Wildman–Crippen MR) is 105 cm³/mol. The normalized spacial score (nSPS) is 18.0. The van der Waals surface area contributed by atoms with Gasteiger partial charge in [0.15, 0.2) is 0 Å². The molecular weight excluding hydrogens is 344 g/mol. The monoisotopic (exact) mass is 370 g/mol. The highest BCUT2D eigenvalue weighted by Crippen LogP contribution is 2.34. The molecule has 1 amide bonds. The maximum Gasteiger partial charge on any atom is 0.226 e. The first-order valence-electron chi connectivity index (χ1n) is 9.89. The number of rotatable bonds is 6. The maximum absolute atomic E-state index is 12.9. The molecule has 4 rings (SSSR count). The molecule has 2 aliphatic rings. The molecule has 0 unspecified atom stereocenters. The van der Waals surface area contributed by atoms with Crippen LogP contribution < -0.4 is 0 Å². The van der Waals surface area contributed by atoms with Crippen molar-refractivity contribution in [3.8, 4) is 0 Å². The first kappa shape index (κ1) is 17.7. The van der Waals surface area contributed by atoms with Gasteiger partial charge in [0.2, 0.25) is 5.91 Å². The zero-order chi connectivity index (χ0) is 17.9. The predicted octanol–water partition coefficient (Wildman–Crippen LogP) is 5.26. The van der Waals surface area contributed by atoms with E-state index in [-0.39, 0.29) is 5.92 Å². The lowest BCUT2D eigenvalue weighted by Gasteiger charge is -2.35. The second kappa shape index (κ2) is 7.87. The lowest BCUT2D eigenvalue weighted by atomic mass is 9.93. The van der Waals surface area contributed by atoms with E-state index in [9.17, 15) is 4.79 Å². The fourth-order valence-electron chi connectivity index (χ4n) is 4.10. The van der Waals surface area contributed by atoms with Crippen LogP contribution in [0.4, 0.5) is 0 Å². The Morgan fingerprint density at radius 2 is 1.88 bits per heavy atom. The fraction of sp³-hybridized carbons (Fsp3) is 0.500. The van der Waals surface area contributed by atoms with Crippen molar-refractivity contribution in [3.05, 3.63) is 58.9 Å². The van der Waals surface area contributed by atoms with Crippen molar-refractivity contribution in [2.75, 3.05) is 0 Å². The van der Waals surface area contributed by atoms with E-state index >= 15 is 0 Å². The highest BCUT2D eigenvalue weighted by molar-refractivity contribution is 6.30. The van der Waals surface area contributed by atoms with Crippen molar-refractivity contribution in [1.29, 1.82) is 0 Å². The summed E-state index contributed by atoms with van der Waals surface area (Å²) in [7, 11) is 0. The van der Waals surface area contributed by atoms with Crippen LogP contribution in [0.25, 0.3) is 0 Å². The molecule has 3 nitrogen and oxygen atoms in total. The highest BCUT2D eigenvalue weighted by Gasteiger charge is 2.36. The minimum absolute atomic E-state index is 0.285. The van der Waals surface area contributed by atoms with Crippen molar-refractivity contribution >= 4 is 17.5 Å². The van der Waals surface area contributed by atoms with Gasteiger partial charge in [-0.25, -0.2) is 0 Å². The zero-order valence-electron chi connectivity index (χ0n) is 15.2. The van der Waals surface area contributed by atoms with Crippen LogP contribution >= 0.6 is 11.6 Å². The SMILES string of the molecule is O=C(C1CC1)N(Cc1cccn1Cc1cccc(Cl)c1)C1CCCCC1. The Labute approximate surface area is 160 Å². The summed E-state index contributed by atoms with van der Waals surface area (Å²) in [6.07, 6.45) is 10.4. The molecule has 0 bridgehead atoms. The Morgan fingerprint density at radius 1 is 1.08 bits per heavy atom. The minimum Gasteiger partial charge on any atom is -0.345 e. The maximum atomic E-state index is 12.9. The molecule has 2 fully saturated rings. The summed E-state index contributed by atoms with van der Waals surface area (Å²) in [6.45, 7) is 1.52. The van der Waals surface area contributed by atoms with Crippen molar-refractivity contribution in [2.45, 2.75) is 64.1 Å². The first-order chi connectivity index (χ1) is 12.7. The smallest absolute Gasteiger partial charge is 0.226 e. The number of halogens is 1. The fourth-order valence-corrected chi connectivity index (χ4v) is 4.31. The van der Waals surface area contributed by atoms with Gasteiger partial charge in [0.1, 0.15) is 0 Å². The highest BCUT2D eigenvalue weighted by atomic mass is 35.5. The Balaban J connectivity index is 1.52. The van der Waals surface area contributed by atoms with Crippen LogP contribution in [-0.4, -0.2) is 21.4 Å². The summed E-state index contributed by atoms with van der Waals surface area (Å²) in [4.78, 5) is 15.1. The molecule has 138 valence electrons. The van der Waals surface area contributed by atoms with E-state index < -0.39 is 0 Å². The standard InChI is InChI=1S/C22H27ClN2O/c23-19-7-4-6-17(14-19)15-24-13-5-10-21(24)16-25(22(26)18-11-12-18)20-8-2-1-3-9-20/h4-7,10,13-14,18,20H,1-3,8-9,11-12,15-16H2. The second-order valence-electron chi connectivity index (χ2n) is 7.79. The molecule has 0 N–H and O–H groups in total. The number of nitrogens with zero attached hydrogens (tertiary/aromatic N) is 2. The molecule has 1 aromatic carbocycles. The van der Waals surface area contributed by atoms with Gasteiger partial charge in [-0.2, -0.15) is 0 Å². The first-order valence-corrected chi connectivity index (χ1v) is 10.3. The van der Waals surface area contributed by atoms with Gasteiger partial charge in [-0.15, -0.1) is 0 Å². The van der Waals surface area contributed by atoms with Crippen molar-refractivity contribution in [1.82, 2.24) is 9.47 Å². The molecule has 0 saturated heterocycles. The molecule has 2 aliphatic carbocycles. The number of carbonyl (C=O) groups is 1. The van der Waals surface area contributed by atoms with Crippen LogP contribution in [0, 0.1) is 5.92 Å². The second-order valence-corrected chi connectivity index (χ2v) is 8.23. The molecule has 2 saturated carbocycles. The van der Waals surface area contributed by atoms with E-state index in [0.717, 1.165) is 43.8 Å². The number of amides is 1. The summed E-state index contributed by atoms with van der Waals surface area (Å²) < 4.78 is 2.25. The van der Waals surface area contributed by atoms with Crippen molar-refractivity contribution < 1.29 is 4.79 Å². The van der Waals surface area contributed by atoms with Crippen LogP contribution in [0.3, 0.4) is 0 Å². The van der Waals surface area contributed by atoms with E-state index in [0.29, 0.717) is 11.9 Å². The molecule has 4 heteroatoms. The van der Waals surface area contributed by atoms with Gasteiger partial charge in [-0.05, 0) is 55.5 Å². The van der Waals surface area contributed by atoms with E-state index in [4.69, 9.17) is 11.6 Å². The Morgan fingerprint density at radius 3 is 2.62 bits per heavy atom. The number of aromatic nitrogens is 1. The van der Waals surface area contributed by atoms with Gasteiger partial charge in [0.25, 0.3) is 0 Å².